The molecule has 3 rings (SSSR count). The lowest BCUT2D eigenvalue weighted by Crippen LogP contribution is -2.56. The van der Waals surface area contributed by atoms with Gasteiger partial charge < -0.3 is 47.1 Å². The number of aromatic amines is 1. The van der Waals surface area contributed by atoms with Crippen molar-refractivity contribution < 1.29 is 39.6 Å². The van der Waals surface area contributed by atoms with E-state index in [-0.39, 0.29) is 43.9 Å². The summed E-state index contributed by atoms with van der Waals surface area (Å²) in [5.41, 5.74) is 8.27. The number of aliphatic hydroxyl groups is 1. The van der Waals surface area contributed by atoms with Crippen molar-refractivity contribution in [2.45, 2.75) is 69.8 Å². The molecule has 2 aromatic carbocycles. The van der Waals surface area contributed by atoms with E-state index in [2.05, 4.69) is 20.9 Å². The Kier molecular flexibility index (Phi) is 12.3. The molecule has 0 unspecified atom stereocenters. The molecule has 0 aliphatic heterocycles. The number of fused-ring (bicyclic) bond motifs is 1. The average Bonchev–Trinajstić information content (AvgIpc) is 3.38. The number of phenols is 1. The number of carbonyl (C=O) groups excluding carboxylic acids is 2. The normalized spacial score (nSPS) is 14.8. The number of nitrogens with one attached hydrogen (secondary N) is 4. The number of carboxylic acids is 2. The minimum absolute atomic E-state index is 0.0119. The summed E-state index contributed by atoms with van der Waals surface area (Å²) in [6.45, 7) is 3.74. The maximum atomic E-state index is 13.2. The van der Waals surface area contributed by atoms with Gasteiger partial charge in [0.15, 0.2) is 0 Å². The molecule has 10 N–H and O–H groups in total. The van der Waals surface area contributed by atoms with Crippen molar-refractivity contribution in [3.05, 3.63) is 65.9 Å². The molecule has 0 spiro atoms. The van der Waals surface area contributed by atoms with Crippen molar-refractivity contribution in [1.82, 2.24) is 20.9 Å². The number of carboxylic acid groups (broad SMARTS) is 2. The van der Waals surface area contributed by atoms with Gasteiger partial charge in [-0.3, -0.25) is 14.4 Å². The van der Waals surface area contributed by atoms with Crippen LogP contribution in [0, 0.1) is 5.92 Å². The lowest BCUT2D eigenvalue weighted by atomic mass is 10.00. The van der Waals surface area contributed by atoms with Crippen molar-refractivity contribution >= 4 is 34.7 Å². The summed E-state index contributed by atoms with van der Waals surface area (Å²) in [5.74, 6) is -3.94. The number of benzene rings is 2. The van der Waals surface area contributed by atoms with E-state index < -0.39 is 54.0 Å². The van der Waals surface area contributed by atoms with Gasteiger partial charge in [-0.15, -0.1) is 0 Å². The van der Waals surface area contributed by atoms with Gasteiger partial charge in [0.05, 0.1) is 0 Å². The SMILES string of the molecule is CC(C)C[C@H](NC(=O)[C@@H](O)[C@H](N)CCN[C@@H](Cc1ccc(O)cc1)C(=O)O)C(=O)N[C@@H](Cc1c[nH]c2ccccc12)C(=O)O. The Morgan fingerprint density at radius 2 is 1.50 bits per heavy atom. The highest BCUT2D eigenvalue weighted by Gasteiger charge is 2.31. The van der Waals surface area contributed by atoms with Gasteiger partial charge in [0.25, 0.3) is 5.91 Å². The predicted molar refractivity (Wildman–Crippen MR) is 163 cm³/mol. The molecular formula is C31H41N5O8. The van der Waals surface area contributed by atoms with Crippen LogP contribution in [0.5, 0.6) is 5.75 Å². The minimum atomic E-state index is -1.71. The van der Waals surface area contributed by atoms with Gasteiger partial charge in [0, 0.05) is 29.6 Å². The van der Waals surface area contributed by atoms with Crippen LogP contribution in [0.1, 0.15) is 37.8 Å². The first-order chi connectivity index (χ1) is 20.8. The van der Waals surface area contributed by atoms with E-state index in [0.717, 1.165) is 10.9 Å². The van der Waals surface area contributed by atoms with Crippen LogP contribution in [0.15, 0.2) is 54.7 Å². The molecule has 1 heterocycles. The Hall–Kier alpha value is -4.46. The summed E-state index contributed by atoms with van der Waals surface area (Å²) < 4.78 is 0. The van der Waals surface area contributed by atoms with Crippen molar-refractivity contribution in [2.75, 3.05) is 6.54 Å². The maximum absolute atomic E-state index is 13.2. The fourth-order valence-electron chi connectivity index (χ4n) is 4.84. The number of amides is 2. The Morgan fingerprint density at radius 3 is 2.14 bits per heavy atom. The topological polar surface area (TPSA) is 227 Å². The van der Waals surface area contributed by atoms with Crippen LogP contribution in [0.4, 0.5) is 0 Å². The number of para-hydroxylation sites is 1. The number of carbonyl (C=O) groups is 4. The number of aromatic nitrogens is 1. The predicted octanol–water partition coefficient (Wildman–Crippen LogP) is 0.880. The van der Waals surface area contributed by atoms with E-state index in [1.807, 2.05) is 38.1 Å². The third-order valence-electron chi connectivity index (χ3n) is 7.27. The second kappa shape index (κ2) is 15.8. The van der Waals surface area contributed by atoms with Gasteiger partial charge in [-0.05, 0) is 61.1 Å². The van der Waals surface area contributed by atoms with E-state index in [4.69, 9.17) is 5.73 Å². The lowest BCUT2D eigenvalue weighted by Gasteiger charge is -2.25. The lowest BCUT2D eigenvalue weighted by molar-refractivity contribution is -0.142. The zero-order valence-corrected chi connectivity index (χ0v) is 24.7. The first-order valence-electron chi connectivity index (χ1n) is 14.4. The number of hydrogen-bond donors (Lipinski definition) is 9. The van der Waals surface area contributed by atoms with Crippen LogP contribution in [-0.4, -0.2) is 86.0 Å². The van der Waals surface area contributed by atoms with Gasteiger partial charge in [0.1, 0.15) is 30.0 Å². The summed E-state index contributed by atoms with van der Waals surface area (Å²) in [4.78, 5) is 52.9. The van der Waals surface area contributed by atoms with E-state index in [9.17, 15) is 39.6 Å². The number of hydrogen-bond acceptors (Lipinski definition) is 8. The average molecular weight is 612 g/mol. The highest BCUT2D eigenvalue weighted by molar-refractivity contribution is 5.92. The molecule has 0 radical (unpaired) electrons. The summed E-state index contributed by atoms with van der Waals surface area (Å²) in [7, 11) is 0. The molecule has 2 amide bonds. The third-order valence-corrected chi connectivity index (χ3v) is 7.27. The monoisotopic (exact) mass is 611 g/mol. The number of aliphatic carboxylic acids is 2. The zero-order valence-electron chi connectivity index (χ0n) is 24.7. The summed E-state index contributed by atoms with van der Waals surface area (Å²) >= 11 is 0. The van der Waals surface area contributed by atoms with Crippen LogP contribution in [-0.2, 0) is 32.0 Å². The molecule has 5 atom stereocenters. The van der Waals surface area contributed by atoms with E-state index in [1.54, 1.807) is 18.3 Å². The molecule has 13 nitrogen and oxygen atoms in total. The molecule has 13 heteroatoms. The molecule has 3 aromatic rings. The molecule has 0 saturated heterocycles. The molecule has 238 valence electrons. The Balaban J connectivity index is 1.57. The second-order valence-corrected chi connectivity index (χ2v) is 11.3. The zero-order chi connectivity index (χ0) is 32.4. The Morgan fingerprint density at radius 1 is 0.864 bits per heavy atom. The van der Waals surface area contributed by atoms with Crippen LogP contribution in [0.25, 0.3) is 10.9 Å². The molecule has 0 bridgehead atoms. The van der Waals surface area contributed by atoms with Crippen molar-refractivity contribution in [2.24, 2.45) is 11.7 Å². The van der Waals surface area contributed by atoms with Crippen molar-refractivity contribution in [3.63, 3.8) is 0 Å². The fourth-order valence-corrected chi connectivity index (χ4v) is 4.84. The first-order valence-corrected chi connectivity index (χ1v) is 14.4. The second-order valence-electron chi connectivity index (χ2n) is 11.3. The molecule has 0 aliphatic carbocycles. The summed E-state index contributed by atoms with van der Waals surface area (Å²) in [6.07, 6.45) is 0.355. The van der Waals surface area contributed by atoms with E-state index in [0.29, 0.717) is 11.1 Å². The smallest absolute Gasteiger partial charge is 0.326 e. The number of aromatic hydroxyl groups is 1. The number of rotatable bonds is 17. The van der Waals surface area contributed by atoms with Gasteiger partial charge in [0.2, 0.25) is 5.91 Å². The minimum Gasteiger partial charge on any atom is -0.508 e. The largest absolute Gasteiger partial charge is 0.508 e. The number of nitrogens with two attached hydrogens (primary N) is 1. The van der Waals surface area contributed by atoms with Crippen LogP contribution in [0.2, 0.25) is 0 Å². The molecule has 0 saturated carbocycles. The first kappa shape index (κ1) is 34.0. The van der Waals surface area contributed by atoms with E-state index >= 15 is 0 Å². The highest BCUT2D eigenvalue weighted by atomic mass is 16.4. The summed E-state index contributed by atoms with van der Waals surface area (Å²) in [6, 6.07) is 9.06. The maximum Gasteiger partial charge on any atom is 0.326 e. The quantitative estimate of drug-likeness (QED) is 0.105. The van der Waals surface area contributed by atoms with Gasteiger partial charge in [-0.2, -0.15) is 0 Å². The number of phenolic OH excluding ortho intramolecular Hbond substituents is 1. The van der Waals surface area contributed by atoms with Crippen molar-refractivity contribution in [3.8, 4) is 5.75 Å². The highest BCUT2D eigenvalue weighted by Crippen LogP contribution is 2.19. The number of aliphatic hydroxyl groups excluding tert-OH is 1. The standard InChI is InChI=1S/C31H41N5O8/c1-17(2)13-24(28(39)36-26(31(43)44)15-19-16-34-23-6-4-3-5-21(19)23)35-29(40)27(38)22(32)11-12-33-25(30(41)42)14-18-7-9-20(37)10-8-18/h3-10,16-17,22,24-27,33-34,37-38H,11-15,32H2,1-2H3,(H,35,40)(H,36,39)(H,41,42)(H,43,44)/t22-,24+,25+,26+,27+/m1/s1. The van der Waals surface area contributed by atoms with Gasteiger partial charge in [-0.25, -0.2) is 4.79 Å². The van der Waals surface area contributed by atoms with Gasteiger partial charge >= 0.3 is 11.9 Å². The molecule has 44 heavy (non-hydrogen) atoms. The Bertz CT molecular complexity index is 1420. The van der Waals surface area contributed by atoms with Crippen molar-refractivity contribution in [1.29, 1.82) is 0 Å². The Labute approximate surface area is 254 Å². The van der Waals surface area contributed by atoms with E-state index in [1.165, 1.54) is 12.1 Å². The van der Waals surface area contributed by atoms with Crippen LogP contribution in [0.3, 0.4) is 0 Å². The molecular weight excluding hydrogens is 570 g/mol. The molecule has 0 fully saturated rings. The van der Waals surface area contributed by atoms with Crippen LogP contribution >= 0.6 is 0 Å². The third kappa shape index (κ3) is 9.79. The molecule has 0 aliphatic rings. The fraction of sp³-hybridized carbons (Fsp3) is 0.419. The molecule has 1 aromatic heterocycles. The summed E-state index contributed by atoms with van der Waals surface area (Å²) in [5, 5.41) is 48.1. The van der Waals surface area contributed by atoms with Gasteiger partial charge in [-0.1, -0.05) is 44.2 Å². The van der Waals surface area contributed by atoms with Crippen LogP contribution < -0.4 is 21.7 Å². The number of H-pyrrole nitrogens is 1.